The van der Waals surface area contributed by atoms with Gasteiger partial charge in [-0.15, -0.1) is 0 Å². The van der Waals surface area contributed by atoms with Crippen LogP contribution in [0.1, 0.15) is 0 Å². The lowest BCUT2D eigenvalue weighted by Crippen LogP contribution is -1.96. The lowest BCUT2D eigenvalue weighted by molar-refractivity contribution is -0.387. The average Bonchev–Trinajstić information content (AvgIpc) is 2.07. The predicted octanol–water partition coefficient (Wildman–Crippen LogP) is 3.18. The highest BCUT2D eigenvalue weighted by atomic mass is 35.5. The first kappa shape index (κ1) is 10.1. The molecule has 0 amide bonds. The highest BCUT2D eigenvalue weighted by molar-refractivity contribution is 6.42. The van der Waals surface area contributed by atoms with E-state index in [4.69, 9.17) is 23.2 Å². The summed E-state index contributed by atoms with van der Waals surface area (Å²) in [7, 11) is 0. The van der Waals surface area contributed by atoms with Crippen molar-refractivity contribution in [3.63, 3.8) is 0 Å². The van der Waals surface area contributed by atoms with Crippen LogP contribution in [0.2, 0.25) is 10.0 Å². The van der Waals surface area contributed by atoms with Crippen LogP contribution >= 0.6 is 23.2 Å². The molecule has 1 aromatic rings. The first-order valence-electron chi connectivity index (χ1n) is 2.92. The monoisotopic (exact) mass is 227 g/mol. The van der Waals surface area contributed by atoms with Gasteiger partial charge in [-0.2, -0.15) is 4.39 Å². The number of nitro groups is 1. The van der Waals surface area contributed by atoms with Crippen LogP contribution in [0.3, 0.4) is 0 Å². The van der Waals surface area contributed by atoms with Gasteiger partial charge in [0.15, 0.2) is 5.82 Å². The molecule has 1 aromatic carbocycles. The third-order valence-electron chi connectivity index (χ3n) is 1.28. The zero-order chi connectivity index (χ0) is 10.2. The molecule has 0 N–H and O–H groups in total. The van der Waals surface area contributed by atoms with Gasteiger partial charge in [-0.05, 0) is 0 Å². The molecule has 0 unspecified atom stereocenters. The standard InChI is InChI=1S/C6HCl2F2NO2/c7-2-1-3(11(12)13)5(9)6(10)4(2)8/h1H. The Morgan fingerprint density at radius 2 is 1.85 bits per heavy atom. The van der Waals surface area contributed by atoms with Gasteiger partial charge in [-0.25, -0.2) is 4.39 Å². The topological polar surface area (TPSA) is 43.1 Å². The molecule has 1 rings (SSSR count). The van der Waals surface area contributed by atoms with Crippen molar-refractivity contribution < 1.29 is 13.7 Å². The summed E-state index contributed by atoms with van der Waals surface area (Å²) in [6.07, 6.45) is 0. The number of benzene rings is 1. The van der Waals surface area contributed by atoms with Crippen LogP contribution in [0.25, 0.3) is 0 Å². The molecule has 0 atom stereocenters. The SMILES string of the molecule is O=[N+]([O-])c1cc(Cl)c(Cl)c(F)c1F. The number of hydrogen-bond acceptors (Lipinski definition) is 2. The van der Waals surface area contributed by atoms with Gasteiger partial charge < -0.3 is 0 Å². The summed E-state index contributed by atoms with van der Waals surface area (Å²) in [6.45, 7) is 0. The number of hydrogen-bond donors (Lipinski definition) is 0. The summed E-state index contributed by atoms with van der Waals surface area (Å²) in [5.74, 6) is -3.12. The van der Waals surface area contributed by atoms with E-state index in [0.717, 1.165) is 0 Å². The molecule has 0 saturated carbocycles. The van der Waals surface area contributed by atoms with Crippen molar-refractivity contribution in [3.05, 3.63) is 37.9 Å². The van der Waals surface area contributed by atoms with Gasteiger partial charge in [0.2, 0.25) is 5.82 Å². The van der Waals surface area contributed by atoms with Gasteiger partial charge >= 0.3 is 5.69 Å². The van der Waals surface area contributed by atoms with E-state index in [0.29, 0.717) is 6.07 Å². The fourth-order valence-electron chi connectivity index (χ4n) is 0.693. The highest BCUT2D eigenvalue weighted by Gasteiger charge is 2.23. The molecule has 0 aliphatic heterocycles. The van der Waals surface area contributed by atoms with E-state index < -0.39 is 32.3 Å². The largest absolute Gasteiger partial charge is 0.309 e. The van der Waals surface area contributed by atoms with Crippen LogP contribution in [-0.2, 0) is 0 Å². The maximum atomic E-state index is 12.7. The van der Waals surface area contributed by atoms with Crippen molar-refractivity contribution in [2.45, 2.75) is 0 Å². The van der Waals surface area contributed by atoms with Gasteiger partial charge in [0.25, 0.3) is 0 Å². The van der Waals surface area contributed by atoms with Crippen LogP contribution in [0.15, 0.2) is 6.07 Å². The molecule has 0 fully saturated rings. The van der Waals surface area contributed by atoms with Crippen LogP contribution in [0.4, 0.5) is 14.5 Å². The highest BCUT2D eigenvalue weighted by Crippen LogP contribution is 2.32. The Balaban J connectivity index is 3.50. The summed E-state index contributed by atoms with van der Waals surface area (Å²) >= 11 is 10.5. The Kier molecular flexibility index (Phi) is 2.68. The summed E-state index contributed by atoms with van der Waals surface area (Å²) in [5.41, 5.74) is -1.04. The van der Waals surface area contributed by atoms with Gasteiger partial charge in [0.05, 0.1) is 15.0 Å². The average molecular weight is 228 g/mol. The Bertz CT molecular complexity index is 383. The van der Waals surface area contributed by atoms with E-state index in [9.17, 15) is 18.9 Å². The van der Waals surface area contributed by atoms with E-state index in [2.05, 4.69) is 0 Å². The van der Waals surface area contributed by atoms with Crippen LogP contribution in [0.5, 0.6) is 0 Å². The summed E-state index contributed by atoms with van der Waals surface area (Å²) in [4.78, 5) is 9.05. The fraction of sp³-hybridized carbons (Fsp3) is 0. The molecule has 0 aliphatic carbocycles. The Morgan fingerprint density at radius 1 is 1.31 bits per heavy atom. The number of rotatable bonds is 1. The number of halogens is 4. The first-order chi connectivity index (χ1) is 5.95. The molecule has 0 bridgehead atoms. The summed E-state index contributed by atoms with van der Waals surface area (Å²) < 4.78 is 25.5. The lowest BCUT2D eigenvalue weighted by atomic mass is 10.3. The first-order valence-corrected chi connectivity index (χ1v) is 3.68. The number of nitrogens with zero attached hydrogens (tertiary/aromatic N) is 1. The molecule has 0 heterocycles. The van der Waals surface area contributed by atoms with Crippen LogP contribution < -0.4 is 0 Å². The molecule has 70 valence electrons. The quantitative estimate of drug-likeness (QED) is 0.320. The van der Waals surface area contributed by atoms with E-state index >= 15 is 0 Å². The van der Waals surface area contributed by atoms with E-state index in [1.54, 1.807) is 0 Å². The predicted molar refractivity (Wildman–Crippen MR) is 43.0 cm³/mol. The molecule has 0 radical (unpaired) electrons. The second-order valence-corrected chi connectivity index (χ2v) is 2.86. The second kappa shape index (κ2) is 3.43. The van der Waals surface area contributed by atoms with Crippen LogP contribution in [0, 0.1) is 21.7 Å². The van der Waals surface area contributed by atoms with Crippen molar-refractivity contribution >= 4 is 28.9 Å². The van der Waals surface area contributed by atoms with E-state index in [-0.39, 0.29) is 0 Å². The van der Waals surface area contributed by atoms with Crippen molar-refractivity contribution in [2.24, 2.45) is 0 Å². The van der Waals surface area contributed by atoms with Crippen molar-refractivity contribution in [2.75, 3.05) is 0 Å². The molecule has 0 spiro atoms. The van der Waals surface area contributed by atoms with Gasteiger partial charge in [0, 0.05) is 6.07 Å². The van der Waals surface area contributed by atoms with E-state index in [1.807, 2.05) is 0 Å². The molecular formula is C6HCl2F2NO2. The van der Waals surface area contributed by atoms with Crippen molar-refractivity contribution in [1.29, 1.82) is 0 Å². The van der Waals surface area contributed by atoms with Crippen LogP contribution in [-0.4, -0.2) is 4.92 Å². The zero-order valence-electron chi connectivity index (χ0n) is 5.85. The minimum absolute atomic E-state index is 0.396. The van der Waals surface area contributed by atoms with Gasteiger partial charge in [0.1, 0.15) is 0 Å². The Hall–Kier alpha value is -0.940. The Labute approximate surface area is 81.0 Å². The molecule has 0 aliphatic rings. The third-order valence-corrected chi connectivity index (χ3v) is 2.04. The second-order valence-electron chi connectivity index (χ2n) is 2.08. The zero-order valence-corrected chi connectivity index (χ0v) is 7.36. The maximum Gasteiger partial charge on any atom is 0.309 e. The fourth-order valence-corrected chi connectivity index (χ4v) is 1.02. The summed E-state index contributed by atoms with van der Waals surface area (Å²) in [5, 5.41) is 9.08. The molecular weight excluding hydrogens is 227 g/mol. The molecule has 7 heteroatoms. The smallest absolute Gasteiger partial charge is 0.258 e. The summed E-state index contributed by atoms with van der Waals surface area (Å²) in [6, 6.07) is 0.655. The third kappa shape index (κ3) is 1.71. The molecule has 0 aromatic heterocycles. The van der Waals surface area contributed by atoms with E-state index in [1.165, 1.54) is 0 Å². The van der Waals surface area contributed by atoms with Crippen molar-refractivity contribution in [1.82, 2.24) is 0 Å². The maximum absolute atomic E-state index is 12.7. The Morgan fingerprint density at radius 3 is 2.31 bits per heavy atom. The normalized spacial score (nSPS) is 10.2. The minimum atomic E-state index is -1.61. The van der Waals surface area contributed by atoms with Gasteiger partial charge in [-0.3, -0.25) is 10.1 Å². The molecule has 3 nitrogen and oxygen atoms in total. The number of nitro benzene ring substituents is 1. The lowest BCUT2D eigenvalue weighted by Gasteiger charge is -1.99. The van der Waals surface area contributed by atoms with Crippen molar-refractivity contribution in [3.8, 4) is 0 Å². The van der Waals surface area contributed by atoms with Gasteiger partial charge in [-0.1, -0.05) is 23.2 Å². The minimum Gasteiger partial charge on any atom is -0.258 e. The molecule has 0 saturated heterocycles. The molecule has 13 heavy (non-hydrogen) atoms.